The summed E-state index contributed by atoms with van der Waals surface area (Å²) in [6, 6.07) is 0.00116. The summed E-state index contributed by atoms with van der Waals surface area (Å²) < 4.78 is 0. The lowest BCUT2D eigenvalue weighted by molar-refractivity contribution is -0.120. The van der Waals surface area contributed by atoms with Crippen molar-refractivity contribution in [3.63, 3.8) is 0 Å². The zero-order valence-corrected chi connectivity index (χ0v) is 5.92. The molecule has 0 saturated carbocycles. The van der Waals surface area contributed by atoms with E-state index < -0.39 is 0 Å². The van der Waals surface area contributed by atoms with Gasteiger partial charge in [-0.25, -0.2) is 0 Å². The van der Waals surface area contributed by atoms with Crippen molar-refractivity contribution in [2.45, 2.75) is 13.0 Å². The number of carbonyl (C=O) groups excluding carboxylic acids is 1. The highest BCUT2D eigenvalue weighted by Crippen LogP contribution is 1.89. The summed E-state index contributed by atoms with van der Waals surface area (Å²) >= 11 is 4.86. The summed E-state index contributed by atoms with van der Waals surface area (Å²) in [6.07, 6.45) is 0. The van der Waals surface area contributed by atoms with E-state index in [9.17, 15) is 4.79 Å². The fourth-order valence-electron chi connectivity index (χ4n) is 0.679. The van der Waals surface area contributed by atoms with Crippen molar-refractivity contribution in [2.24, 2.45) is 0 Å². The van der Waals surface area contributed by atoms with E-state index in [2.05, 4.69) is 10.6 Å². The van der Waals surface area contributed by atoms with Crippen molar-refractivity contribution in [2.75, 3.05) is 6.54 Å². The fourth-order valence-corrected chi connectivity index (χ4v) is 0.810. The van der Waals surface area contributed by atoms with Gasteiger partial charge >= 0.3 is 0 Å². The Bertz CT molecular complexity index is 157. The number of piperazine rings is 1. The molecule has 0 radical (unpaired) electrons. The third-order valence-corrected chi connectivity index (χ3v) is 1.69. The van der Waals surface area contributed by atoms with Gasteiger partial charge in [-0.05, 0) is 6.92 Å². The predicted octanol–water partition coefficient (Wildman–Crippen LogP) is -0.578. The van der Waals surface area contributed by atoms with Crippen molar-refractivity contribution in [1.29, 1.82) is 0 Å². The smallest absolute Gasteiger partial charge is 0.239 e. The van der Waals surface area contributed by atoms with Gasteiger partial charge in [-0.3, -0.25) is 4.79 Å². The highest BCUT2D eigenvalue weighted by molar-refractivity contribution is 7.80. The molecule has 1 atom stereocenters. The third-order valence-electron chi connectivity index (χ3n) is 1.19. The Hall–Kier alpha value is -0.640. The summed E-state index contributed by atoms with van der Waals surface area (Å²) in [4.78, 5) is 11.3. The van der Waals surface area contributed by atoms with E-state index in [0.29, 0.717) is 6.54 Å². The maximum absolute atomic E-state index is 10.6. The molecule has 0 aliphatic carbocycles. The van der Waals surface area contributed by atoms with Crippen LogP contribution in [0.1, 0.15) is 6.92 Å². The average Bonchev–Trinajstić information content (AvgIpc) is 1.80. The van der Waals surface area contributed by atoms with Crippen LogP contribution in [0.2, 0.25) is 0 Å². The van der Waals surface area contributed by atoms with Crippen LogP contribution in [-0.2, 0) is 4.79 Å². The normalized spacial score (nSPS) is 27.0. The van der Waals surface area contributed by atoms with Crippen LogP contribution in [0.15, 0.2) is 0 Å². The van der Waals surface area contributed by atoms with E-state index in [-0.39, 0.29) is 11.9 Å². The first kappa shape index (κ1) is 6.48. The molecule has 0 unspecified atom stereocenters. The molecule has 1 aliphatic heterocycles. The van der Waals surface area contributed by atoms with Crippen molar-refractivity contribution in [3.8, 4) is 0 Å². The third kappa shape index (κ3) is 1.38. The first-order valence-corrected chi connectivity index (χ1v) is 3.18. The minimum Gasteiger partial charge on any atom is -0.369 e. The Kier molecular flexibility index (Phi) is 1.66. The number of amides is 1. The Morgan fingerprint density at radius 2 is 2.44 bits per heavy atom. The van der Waals surface area contributed by atoms with Gasteiger partial charge in [-0.2, -0.15) is 0 Å². The van der Waals surface area contributed by atoms with E-state index in [0.717, 1.165) is 4.99 Å². The monoisotopic (exact) mass is 144 g/mol. The van der Waals surface area contributed by atoms with Crippen LogP contribution in [0.5, 0.6) is 0 Å². The summed E-state index contributed by atoms with van der Waals surface area (Å²) in [7, 11) is 0. The summed E-state index contributed by atoms with van der Waals surface area (Å²) in [5.41, 5.74) is 0. The maximum atomic E-state index is 10.6. The standard InChI is InChI=1S/C5H8N2OS/c1-3-5(9)6-2-4(8)7-3/h3H,2H2,1H3,(H,6,9)(H,7,8)/t3-/m1/s1. The first-order valence-electron chi connectivity index (χ1n) is 2.77. The molecule has 1 amide bonds. The lowest BCUT2D eigenvalue weighted by Gasteiger charge is -2.21. The minimum absolute atomic E-state index is 0.00116. The van der Waals surface area contributed by atoms with Crippen LogP contribution in [0.3, 0.4) is 0 Å². The molecule has 0 spiro atoms. The van der Waals surface area contributed by atoms with E-state index in [4.69, 9.17) is 12.2 Å². The van der Waals surface area contributed by atoms with E-state index >= 15 is 0 Å². The Labute approximate surface area is 58.8 Å². The zero-order chi connectivity index (χ0) is 6.85. The van der Waals surface area contributed by atoms with Gasteiger partial charge in [0.15, 0.2) is 0 Å². The second-order valence-corrected chi connectivity index (χ2v) is 2.45. The fraction of sp³-hybridized carbons (Fsp3) is 0.600. The summed E-state index contributed by atoms with van der Waals surface area (Å²) in [6.45, 7) is 2.18. The van der Waals surface area contributed by atoms with Crippen LogP contribution < -0.4 is 10.6 Å². The number of rotatable bonds is 0. The molecule has 0 aromatic rings. The number of hydrogen-bond acceptors (Lipinski definition) is 2. The second kappa shape index (κ2) is 2.31. The molecular weight excluding hydrogens is 136 g/mol. The molecule has 1 saturated heterocycles. The van der Waals surface area contributed by atoms with Crippen molar-refractivity contribution in [3.05, 3.63) is 0 Å². The van der Waals surface area contributed by atoms with Crippen molar-refractivity contribution < 1.29 is 4.79 Å². The summed E-state index contributed by atoms with van der Waals surface area (Å²) in [5, 5.41) is 5.49. The van der Waals surface area contributed by atoms with Gasteiger partial charge in [0.05, 0.1) is 17.6 Å². The largest absolute Gasteiger partial charge is 0.369 e. The highest BCUT2D eigenvalue weighted by atomic mass is 32.1. The van der Waals surface area contributed by atoms with Crippen LogP contribution in [0, 0.1) is 0 Å². The molecule has 9 heavy (non-hydrogen) atoms. The molecule has 0 aromatic heterocycles. The van der Waals surface area contributed by atoms with Crippen LogP contribution in [-0.4, -0.2) is 23.5 Å². The van der Waals surface area contributed by atoms with Gasteiger partial charge < -0.3 is 10.6 Å². The summed E-state index contributed by atoms with van der Waals surface area (Å²) in [5.74, 6) is 0.0103. The van der Waals surface area contributed by atoms with Gasteiger partial charge in [0.1, 0.15) is 0 Å². The molecular formula is C5H8N2OS. The molecule has 2 N–H and O–H groups in total. The van der Waals surface area contributed by atoms with Crippen molar-refractivity contribution in [1.82, 2.24) is 10.6 Å². The Morgan fingerprint density at radius 3 is 2.89 bits per heavy atom. The molecule has 50 valence electrons. The van der Waals surface area contributed by atoms with Gasteiger partial charge in [0, 0.05) is 0 Å². The number of nitrogens with one attached hydrogen (secondary N) is 2. The van der Waals surface area contributed by atoms with Gasteiger partial charge in [0.2, 0.25) is 5.91 Å². The lowest BCUT2D eigenvalue weighted by Crippen LogP contribution is -2.53. The first-order chi connectivity index (χ1) is 4.20. The molecule has 3 nitrogen and oxygen atoms in total. The highest BCUT2D eigenvalue weighted by Gasteiger charge is 2.16. The van der Waals surface area contributed by atoms with Crippen LogP contribution in [0.25, 0.3) is 0 Å². The van der Waals surface area contributed by atoms with Gasteiger partial charge in [0.25, 0.3) is 0 Å². The molecule has 1 rings (SSSR count). The SMILES string of the molecule is C[C@H]1NC(=O)CNC1=S. The van der Waals surface area contributed by atoms with E-state index in [1.54, 1.807) is 0 Å². The molecule has 1 heterocycles. The van der Waals surface area contributed by atoms with E-state index in [1.807, 2.05) is 6.92 Å². The van der Waals surface area contributed by atoms with Gasteiger partial charge in [-0.1, -0.05) is 12.2 Å². The van der Waals surface area contributed by atoms with Crippen LogP contribution >= 0.6 is 12.2 Å². The predicted molar refractivity (Wildman–Crippen MR) is 38.2 cm³/mol. The zero-order valence-electron chi connectivity index (χ0n) is 5.10. The van der Waals surface area contributed by atoms with Gasteiger partial charge in [-0.15, -0.1) is 0 Å². The van der Waals surface area contributed by atoms with Crippen molar-refractivity contribution >= 4 is 23.1 Å². The molecule has 1 aliphatic rings. The maximum Gasteiger partial charge on any atom is 0.239 e. The Morgan fingerprint density at radius 1 is 1.78 bits per heavy atom. The number of thiocarbonyl (C=S) groups is 1. The molecule has 4 heteroatoms. The minimum atomic E-state index is 0.00116. The quantitative estimate of drug-likeness (QED) is 0.447. The number of carbonyl (C=O) groups is 1. The van der Waals surface area contributed by atoms with E-state index in [1.165, 1.54) is 0 Å². The number of hydrogen-bond donors (Lipinski definition) is 2. The average molecular weight is 144 g/mol. The molecule has 0 bridgehead atoms. The molecule has 0 aromatic carbocycles. The van der Waals surface area contributed by atoms with Crippen LogP contribution in [0.4, 0.5) is 0 Å². The molecule has 1 fully saturated rings. The second-order valence-electron chi connectivity index (χ2n) is 2.01. The topological polar surface area (TPSA) is 41.1 Å². The lowest BCUT2D eigenvalue weighted by atomic mass is 10.3. The Balaban J connectivity index is 2.54.